The highest BCUT2D eigenvalue weighted by molar-refractivity contribution is 6.20. The quantitative estimate of drug-likeness (QED) is 0.750. The first kappa shape index (κ1) is 18.3. The van der Waals surface area contributed by atoms with Gasteiger partial charge in [0.25, 0.3) is 11.8 Å². The Balaban J connectivity index is 1.62. The largest absolute Gasteiger partial charge is 0.379 e. The minimum atomic E-state index is -1.10. The average molecular weight is 384 g/mol. The third-order valence-electron chi connectivity index (χ3n) is 4.77. The molecule has 1 unspecified atom stereocenters. The SMILES string of the molecule is O=C(ON1C(=O)c2ccccc2C1=O)C(c1ccccc1F)N1CCOCC1. The van der Waals surface area contributed by atoms with Crippen LogP contribution in [0.3, 0.4) is 0 Å². The average Bonchev–Trinajstić information content (AvgIpc) is 2.96. The molecule has 8 heteroatoms. The van der Waals surface area contributed by atoms with Crippen LogP contribution in [-0.4, -0.2) is 54.1 Å². The first-order valence-electron chi connectivity index (χ1n) is 8.84. The van der Waals surface area contributed by atoms with Crippen molar-refractivity contribution >= 4 is 17.8 Å². The van der Waals surface area contributed by atoms with Crippen LogP contribution < -0.4 is 0 Å². The summed E-state index contributed by atoms with van der Waals surface area (Å²) in [5, 5.41) is 0.446. The lowest BCUT2D eigenvalue weighted by Crippen LogP contribution is -2.45. The lowest BCUT2D eigenvalue weighted by Gasteiger charge is -2.33. The number of benzene rings is 2. The van der Waals surface area contributed by atoms with Crippen molar-refractivity contribution in [2.75, 3.05) is 26.3 Å². The molecule has 2 aliphatic rings. The van der Waals surface area contributed by atoms with Crippen molar-refractivity contribution in [1.82, 2.24) is 9.96 Å². The van der Waals surface area contributed by atoms with Crippen LogP contribution in [0.15, 0.2) is 48.5 Å². The Bertz CT molecular complexity index is 907. The van der Waals surface area contributed by atoms with Gasteiger partial charge in [0.2, 0.25) is 0 Å². The number of ether oxygens (including phenoxy) is 1. The van der Waals surface area contributed by atoms with Gasteiger partial charge in [-0.25, -0.2) is 9.18 Å². The van der Waals surface area contributed by atoms with Gasteiger partial charge in [0.15, 0.2) is 0 Å². The number of hydrogen-bond donors (Lipinski definition) is 0. The van der Waals surface area contributed by atoms with Gasteiger partial charge in [0.05, 0.1) is 24.3 Å². The van der Waals surface area contributed by atoms with E-state index in [4.69, 9.17) is 9.57 Å². The summed E-state index contributed by atoms with van der Waals surface area (Å²) < 4.78 is 19.7. The van der Waals surface area contributed by atoms with Crippen LogP contribution in [-0.2, 0) is 14.4 Å². The molecule has 0 saturated carbocycles. The van der Waals surface area contributed by atoms with Gasteiger partial charge in [0.1, 0.15) is 11.9 Å². The van der Waals surface area contributed by atoms with Crippen LogP contribution in [0.1, 0.15) is 32.3 Å². The highest BCUT2D eigenvalue weighted by Crippen LogP contribution is 2.28. The highest BCUT2D eigenvalue weighted by Gasteiger charge is 2.41. The van der Waals surface area contributed by atoms with Crippen molar-refractivity contribution in [2.45, 2.75) is 6.04 Å². The number of morpholine rings is 1. The molecule has 1 atom stereocenters. The lowest BCUT2D eigenvalue weighted by atomic mass is 10.0. The second-order valence-corrected chi connectivity index (χ2v) is 6.43. The molecule has 4 rings (SSSR count). The molecule has 28 heavy (non-hydrogen) atoms. The molecule has 0 bridgehead atoms. The predicted molar refractivity (Wildman–Crippen MR) is 94.6 cm³/mol. The molecule has 1 fully saturated rings. The number of carbonyl (C=O) groups excluding carboxylic acids is 3. The van der Waals surface area contributed by atoms with Gasteiger partial charge in [-0.05, 0) is 18.2 Å². The number of nitrogens with zero attached hydrogens (tertiary/aromatic N) is 2. The van der Waals surface area contributed by atoms with Gasteiger partial charge in [-0.2, -0.15) is 0 Å². The van der Waals surface area contributed by atoms with E-state index >= 15 is 0 Å². The fourth-order valence-corrected chi connectivity index (χ4v) is 3.40. The first-order chi connectivity index (χ1) is 13.6. The van der Waals surface area contributed by atoms with E-state index in [1.54, 1.807) is 23.1 Å². The molecular weight excluding hydrogens is 367 g/mol. The van der Waals surface area contributed by atoms with E-state index in [0.717, 1.165) is 0 Å². The van der Waals surface area contributed by atoms with E-state index in [1.807, 2.05) is 0 Å². The maximum absolute atomic E-state index is 14.4. The summed E-state index contributed by atoms with van der Waals surface area (Å²) in [6.45, 7) is 1.53. The smallest absolute Gasteiger partial charge is 0.354 e. The summed E-state index contributed by atoms with van der Waals surface area (Å²) in [6, 6.07) is 11.0. The van der Waals surface area contributed by atoms with Gasteiger partial charge in [-0.1, -0.05) is 35.4 Å². The zero-order valence-corrected chi connectivity index (χ0v) is 14.8. The third-order valence-corrected chi connectivity index (χ3v) is 4.77. The summed E-state index contributed by atoms with van der Waals surface area (Å²) in [5.74, 6) is -2.91. The van der Waals surface area contributed by atoms with Gasteiger partial charge >= 0.3 is 5.97 Å². The molecule has 2 aromatic carbocycles. The Morgan fingerprint density at radius 2 is 1.54 bits per heavy atom. The maximum Gasteiger partial charge on any atom is 0.354 e. The molecule has 2 aromatic rings. The molecule has 0 radical (unpaired) electrons. The molecule has 2 heterocycles. The molecule has 1 saturated heterocycles. The van der Waals surface area contributed by atoms with E-state index < -0.39 is 29.6 Å². The summed E-state index contributed by atoms with van der Waals surface area (Å²) >= 11 is 0. The number of halogens is 1. The van der Waals surface area contributed by atoms with Crippen molar-refractivity contribution in [3.63, 3.8) is 0 Å². The minimum Gasteiger partial charge on any atom is -0.379 e. The van der Waals surface area contributed by atoms with E-state index in [-0.39, 0.29) is 16.7 Å². The van der Waals surface area contributed by atoms with E-state index in [1.165, 1.54) is 30.3 Å². The predicted octanol–water partition coefficient (Wildman–Crippen LogP) is 1.95. The Morgan fingerprint density at radius 1 is 0.964 bits per heavy atom. The molecule has 0 aromatic heterocycles. The number of fused-ring (bicyclic) bond motifs is 1. The van der Waals surface area contributed by atoms with Crippen LogP contribution in [0, 0.1) is 5.82 Å². The van der Waals surface area contributed by atoms with Crippen LogP contribution in [0.2, 0.25) is 0 Å². The van der Waals surface area contributed by atoms with Gasteiger partial charge in [0, 0.05) is 18.7 Å². The van der Waals surface area contributed by atoms with E-state index in [0.29, 0.717) is 31.4 Å². The normalized spacial score (nSPS) is 18.1. The topological polar surface area (TPSA) is 76.2 Å². The number of carbonyl (C=O) groups is 3. The lowest BCUT2D eigenvalue weighted by molar-refractivity contribution is -0.177. The fraction of sp³-hybridized carbons (Fsp3) is 0.250. The Kier molecular flexibility index (Phi) is 4.89. The monoisotopic (exact) mass is 384 g/mol. The second-order valence-electron chi connectivity index (χ2n) is 6.43. The number of amides is 2. The number of hydroxylamine groups is 2. The highest BCUT2D eigenvalue weighted by atomic mass is 19.1. The number of hydrogen-bond acceptors (Lipinski definition) is 6. The van der Waals surface area contributed by atoms with Gasteiger partial charge in [-0.15, -0.1) is 0 Å². The molecule has 0 aliphatic carbocycles. The first-order valence-corrected chi connectivity index (χ1v) is 8.84. The molecular formula is C20H17FN2O5. The Hall–Kier alpha value is -3.10. The summed E-state index contributed by atoms with van der Waals surface area (Å²) in [5.41, 5.74) is 0.439. The van der Waals surface area contributed by atoms with Crippen molar-refractivity contribution in [3.8, 4) is 0 Å². The second kappa shape index (κ2) is 7.49. The number of imide groups is 1. The van der Waals surface area contributed by atoms with E-state index in [2.05, 4.69) is 0 Å². The Morgan fingerprint density at radius 3 is 2.14 bits per heavy atom. The molecule has 7 nitrogen and oxygen atoms in total. The van der Waals surface area contributed by atoms with Crippen LogP contribution in [0.5, 0.6) is 0 Å². The minimum absolute atomic E-state index is 0.117. The van der Waals surface area contributed by atoms with Gasteiger partial charge < -0.3 is 9.57 Å². The van der Waals surface area contributed by atoms with Crippen molar-refractivity contribution in [1.29, 1.82) is 0 Å². The van der Waals surface area contributed by atoms with Crippen LogP contribution in [0.25, 0.3) is 0 Å². The molecule has 2 amide bonds. The third kappa shape index (κ3) is 3.17. The van der Waals surface area contributed by atoms with Crippen molar-refractivity contribution in [2.24, 2.45) is 0 Å². The molecule has 144 valence electrons. The van der Waals surface area contributed by atoms with Gasteiger partial charge in [-0.3, -0.25) is 14.5 Å². The van der Waals surface area contributed by atoms with Crippen molar-refractivity contribution < 1.29 is 28.3 Å². The zero-order valence-electron chi connectivity index (χ0n) is 14.8. The Labute approximate surface area is 160 Å². The summed E-state index contributed by atoms with van der Waals surface area (Å²) in [4.78, 5) is 44.8. The molecule has 0 spiro atoms. The number of rotatable bonds is 4. The fourth-order valence-electron chi connectivity index (χ4n) is 3.40. The molecule has 2 aliphatic heterocycles. The summed E-state index contributed by atoms with van der Waals surface area (Å²) in [7, 11) is 0. The zero-order chi connectivity index (χ0) is 19.7. The van der Waals surface area contributed by atoms with Crippen molar-refractivity contribution in [3.05, 3.63) is 71.0 Å². The maximum atomic E-state index is 14.4. The summed E-state index contributed by atoms with van der Waals surface area (Å²) in [6.07, 6.45) is 0. The molecule has 0 N–H and O–H groups in total. The van der Waals surface area contributed by atoms with Crippen LogP contribution >= 0.6 is 0 Å². The van der Waals surface area contributed by atoms with Crippen LogP contribution in [0.4, 0.5) is 4.39 Å². The standard InChI is InChI=1S/C20H17FN2O5/c21-16-8-4-3-7-15(16)17(22-9-11-27-12-10-22)20(26)28-23-18(24)13-5-1-2-6-14(13)19(23)25/h1-8,17H,9-12H2. The van der Waals surface area contributed by atoms with E-state index in [9.17, 15) is 18.8 Å².